The second-order valence-electron chi connectivity index (χ2n) is 6.23. The predicted octanol–water partition coefficient (Wildman–Crippen LogP) is 3.44. The molecule has 1 aromatic carbocycles. The molecule has 0 aliphatic carbocycles. The first kappa shape index (κ1) is 18.4. The van der Waals surface area contributed by atoms with Crippen LogP contribution in [-0.4, -0.2) is 36.1 Å². The number of fused-ring (bicyclic) bond motifs is 1. The molecule has 0 bridgehead atoms. The molecule has 0 fully saturated rings. The minimum absolute atomic E-state index is 0.266. The number of carbonyl (C=O) groups excluding carboxylic acids is 2. The second kappa shape index (κ2) is 7.45. The number of anilines is 1. The Bertz CT molecular complexity index is 833. The highest BCUT2D eigenvalue weighted by atomic mass is 32.1. The van der Waals surface area contributed by atoms with Crippen LogP contribution in [-0.2, 0) is 20.7 Å². The van der Waals surface area contributed by atoms with E-state index in [0.717, 1.165) is 29.1 Å². The Labute approximate surface area is 156 Å². The molecule has 6 nitrogen and oxygen atoms in total. The molecule has 2 heterocycles. The van der Waals surface area contributed by atoms with Crippen molar-refractivity contribution in [2.75, 3.05) is 12.0 Å². The number of esters is 1. The third-order valence-corrected chi connectivity index (χ3v) is 5.26. The van der Waals surface area contributed by atoms with Crippen molar-refractivity contribution in [2.45, 2.75) is 45.8 Å². The fraction of sp³-hybridized carbons (Fsp3) is 0.421. The Kier molecular flexibility index (Phi) is 5.27. The van der Waals surface area contributed by atoms with E-state index in [0.29, 0.717) is 11.4 Å². The molecule has 0 saturated carbocycles. The van der Waals surface area contributed by atoms with E-state index in [4.69, 9.17) is 9.47 Å². The van der Waals surface area contributed by atoms with E-state index >= 15 is 0 Å². The number of aryl methyl sites for hydroxylation is 1. The standard InChI is InChI=1S/C19H22N2O4S/c1-5-6-17-20-14(10-26-17)13-7-8-16-15(9-13)21(11(2)19(23)24-4)18(22)12(3)25-16/h7-12H,5-6H2,1-4H3. The van der Waals surface area contributed by atoms with Crippen molar-refractivity contribution >= 4 is 28.9 Å². The fourth-order valence-corrected chi connectivity index (χ4v) is 3.88. The smallest absolute Gasteiger partial charge is 0.328 e. The van der Waals surface area contributed by atoms with Gasteiger partial charge in [0.15, 0.2) is 6.10 Å². The number of benzene rings is 1. The molecule has 0 spiro atoms. The molecule has 1 aromatic heterocycles. The first-order valence-corrected chi connectivity index (χ1v) is 9.50. The van der Waals surface area contributed by atoms with Crippen LogP contribution >= 0.6 is 11.3 Å². The number of rotatable bonds is 5. The zero-order chi connectivity index (χ0) is 18.8. The number of ether oxygens (including phenoxy) is 2. The minimum Gasteiger partial charge on any atom is -0.479 e. The summed E-state index contributed by atoms with van der Waals surface area (Å²) in [6.45, 7) is 5.45. The van der Waals surface area contributed by atoms with Crippen molar-refractivity contribution in [3.63, 3.8) is 0 Å². The molecule has 2 aromatic rings. The van der Waals surface area contributed by atoms with Crippen molar-refractivity contribution in [3.8, 4) is 17.0 Å². The molecule has 138 valence electrons. The van der Waals surface area contributed by atoms with Crippen molar-refractivity contribution < 1.29 is 19.1 Å². The minimum atomic E-state index is -0.737. The Hall–Kier alpha value is -2.41. The Balaban J connectivity index is 2.03. The molecule has 2 unspecified atom stereocenters. The van der Waals surface area contributed by atoms with Gasteiger partial charge in [0.25, 0.3) is 5.91 Å². The number of aromatic nitrogens is 1. The van der Waals surface area contributed by atoms with E-state index in [9.17, 15) is 9.59 Å². The van der Waals surface area contributed by atoms with Crippen LogP contribution in [0.5, 0.6) is 5.75 Å². The lowest BCUT2D eigenvalue weighted by Crippen LogP contribution is -2.51. The first-order valence-electron chi connectivity index (χ1n) is 8.62. The summed E-state index contributed by atoms with van der Waals surface area (Å²) in [4.78, 5) is 30.8. The fourth-order valence-electron chi connectivity index (χ4n) is 2.97. The van der Waals surface area contributed by atoms with Crippen LogP contribution in [0, 0.1) is 0 Å². The van der Waals surface area contributed by atoms with Gasteiger partial charge in [-0.2, -0.15) is 0 Å². The van der Waals surface area contributed by atoms with E-state index < -0.39 is 18.1 Å². The van der Waals surface area contributed by atoms with E-state index in [1.54, 1.807) is 25.2 Å². The summed E-state index contributed by atoms with van der Waals surface area (Å²) in [7, 11) is 1.31. The summed E-state index contributed by atoms with van der Waals surface area (Å²) in [5, 5.41) is 3.09. The highest BCUT2D eigenvalue weighted by Crippen LogP contribution is 2.39. The molecule has 7 heteroatoms. The van der Waals surface area contributed by atoms with E-state index in [1.165, 1.54) is 12.0 Å². The second-order valence-corrected chi connectivity index (χ2v) is 7.17. The molecule has 1 amide bonds. The highest BCUT2D eigenvalue weighted by molar-refractivity contribution is 7.09. The number of carbonyl (C=O) groups is 2. The Morgan fingerprint density at radius 2 is 2.23 bits per heavy atom. The van der Waals surface area contributed by atoms with Crippen molar-refractivity contribution in [2.24, 2.45) is 0 Å². The average Bonchev–Trinajstić information content (AvgIpc) is 3.10. The van der Waals surface area contributed by atoms with E-state index in [1.807, 2.05) is 23.6 Å². The van der Waals surface area contributed by atoms with Gasteiger partial charge in [0.2, 0.25) is 0 Å². The average molecular weight is 374 g/mol. The maximum Gasteiger partial charge on any atom is 0.328 e. The van der Waals surface area contributed by atoms with Gasteiger partial charge < -0.3 is 9.47 Å². The van der Waals surface area contributed by atoms with Crippen LogP contribution in [0.15, 0.2) is 23.6 Å². The van der Waals surface area contributed by atoms with Crippen LogP contribution in [0.4, 0.5) is 5.69 Å². The molecule has 26 heavy (non-hydrogen) atoms. The number of methoxy groups -OCH3 is 1. The van der Waals surface area contributed by atoms with Crippen molar-refractivity contribution in [1.29, 1.82) is 0 Å². The lowest BCUT2D eigenvalue weighted by molar-refractivity contribution is -0.143. The highest BCUT2D eigenvalue weighted by Gasteiger charge is 2.37. The van der Waals surface area contributed by atoms with Gasteiger partial charge in [-0.15, -0.1) is 11.3 Å². The monoisotopic (exact) mass is 374 g/mol. The molecule has 0 N–H and O–H groups in total. The van der Waals surface area contributed by atoms with Gasteiger partial charge in [0.05, 0.1) is 23.5 Å². The van der Waals surface area contributed by atoms with Crippen LogP contribution < -0.4 is 9.64 Å². The summed E-state index contributed by atoms with van der Waals surface area (Å²) in [6, 6.07) is 4.86. The van der Waals surface area contributed by atoms with Gasteiger partial charge in [0, 0.05) is 10.9 Å². The van der Waals surface area contributed by atoms with Crippen molar-refractivity contribution in [1.82, 2.24) is 4.98 Å². The Morgan fingerprint density at radius 1 is 1.46 bits per heavy atom. The molecule has 1 aliphatic heterocycles. The van der Waals surface area contributed by atoms with Crippen LogP contribution in [0.1, 0.15) is 32.2 Å². The van der Waals surface area contributed by atoms with Gasteiger partial charge >= 0.3 is 5.97 Å². The zero-order valence-corrected chi connectivity index (χ0v) is 16.1. The van der Waals surface area contributed by atoms with Gasteiger partial charge in [-0.1, -0.05) is 6.92 Å². The number of hydrogen-bond donors (Lipinski definition) is 0. The summed E-state index contributed by atoms with van der Waals surface area (Å²) >= 11 is 1.63. The molecular weight excluding hydrogens is 352 g/mol. The first-order chi connectivity index (χ1) is 12.5. The molecule has 3 rings (SSSR count). The molecule has 1 aliphatic rings. The normalized spacial score (nSPS) is 17.5. The van der Waals surface area contributed by atoms with Crippen LogP contribution in [0.25, 0.3) is 11.3 Å². The van der Waals surface area contributed by atoms with Gasteiger partial charge in [0.1, 0.15) is 11.8 Å². The maximum absolute atomic E-state index is 12.7. The molecule has 0 saturated heterocycles. The van der Waals surface area contributed by atoms with Crippen LogP contribution in [0.3, 0.4) is 0 Å². The third kappa shape index (κ3) is 3.31. The van der Waals surface area contributed by atoms with Crippen LogP contribution in [0.2, 0.25) is 0 Å². The summed E-state index contributed by atoms with van der Waals surface area (Å²) in [6.07, 6.45) is 1.33. The lowest BCUT2D eigenvalue weighted by Gasteiger charge is -2.35. The Morgan fingerprint density at radius 3 is 2.92 bits per heavy atom. The summed E-state index contributed by atoms with van der Waals surface area (Å²) < 4.78 is 10.5. The number of hydrogen-bond acceptors (Lipinski definition) is 6. The summed E-state index contributed by atoms with van der Waals surface area (Å²) in [5.74, 6) is -0.166. The quantitative estimate of drug-likeness (QED) is 0.750. The number of nitrogens with zero attached hydrogens (tertiary/aromatic N) is 2. The van der Waals surface area contributed by atoms with E-state index in [-0.39, 0.29) is 5.91 Å². The number of amides is 1. The molecular formula is C19H22N2O4S. The van der Waals surface area contributed by atoms with Gasteiger partial charge in [-0.25, -0.2) is 9.78 Å². The lowest BCUT2D eigenvalue weighted by atomic mass is 10.1. The van der Waals surface area contributed by atoms with Crippen molar-refractivity contribution in [3.05, 3.63) is 28.6 Å². The maximum atomic E-state index is 12.7. The topological polar surface area (TPSA) is 68.7 Å². The van der Waals surface area contributed by atoms with E-state index in [2.05, 4.69) is 11.9 Å². The SMILES string of the molecule is CCCc1nc(-c2ccc3c(c2)N(C(C)C(=O)OC)C(=O)C(C)O3)cs1. The van der Waals surface area contributed by atoms with Gasteiger partial charge in [-0.3, -0.25) is 9.69 Å². The largest absolute Gasteiger partial charge is 0.479 e. The predicted molar refractivity (Wildman–Crippen MR) is 101 cm³/mol. The van der Waals surface area contributed by atoms with Gasteiger partial charge in [-0.05, 0) is 44.9 Å². The third-order valence-electron chi connectivity index (χ3n) is 4.35. The summed E-state index contributed by atoms with van der Waals surface area (Å²) in [5.41, 5.74) is 2.31. The molecule has 2 atom stereocenters. The zero-order valence-electron chi connectivity index (χ0n) is 15.3. The molecule has 0 radical (unpaired) electrons. The number of thiazole rings is 1.